The zero-order chi connectivity index (χ0) is 22.2. The zero-order valence-corrected chi connectivity index (χ0v) is 17.1. The molecule has 0 radical (unpaired) electrons. The van der Waals surface area contributed by atoms with Crippen LogP contribution in [0.1, 0.15) is 25.5 Å². The van der Waals surface area contributed by atoms with E-state index in [1.165, 1.54) is 29.4 Å². The topological polar surface area (TPSA) is 135 Å². The molecular weight excluding hydrogens is 421 g/mol. The first-order chi connectivity index (χ1) is 15.5. The third-order valence-electron chi connectivity index (χ3n) is 6.01. The van der Waals surface area contributed by atoms with Gasteiger partial charge in [-0.1, -0.05) is 12.1 Å². The molecule has 2 fully saturated rings. The quantitative estimate of drug-likeness (QED) is 0.438. The molecule has 1 saturated carbocycles. The summed E-state index contributed by atoms with van der Waals surface area (Å²) in [5.41, 5.74) is 0.866. The van der Waals surface area contributed by atoms with Gasteiger partial charge in [-0.2, -0.15) is 0 Å². The Morgan fingerprint density at radius 3 is 2.75 bits per heavy atom. The van der Waals surface area contributed by atoms with Crippen LogP contribution >= 0.6 is 0 Å². The molecule has 6 atom stereocenters. The van der Waals surface area contributed by atoms with Crippen molar-refractivity contribution in [1.29, 1.82) is 0 Å². The summed E-state index contributed by atoms with van der Waals surface area (Å²) in [6.07, 6.45) is 0.470. The van der Waals surface area contributed by atoms with Gasteiger partial charge < -0.3 is 30.1 Å². The summed E-state index contributed by atoms with van der Waals surface area (Å²) in [4.78, 5) is 12.9. The number of fused-ring (bicyclic) bond motifs is 1. The summed E-state index contributed by atoms with van der Waals surface area (Å²) in [5, 5.41) is 34.4. The van der Waals surface area contributed by atoms with Crippen molar-refractivity contribution in [2.24, 2.45) is 0 Å². The molecule has 0 bridgehead atoms. The number of para-hydroxylation sites is 1. The van der Waals surface area contributed by atoms with Crippen LogP contribution in [0.15, 0.2) is 36.9 Å². The highest BCUT2D eigenvalue weighted by molar-refractivity contribution is 5.82. The molecular formula is C21H24FN5O5. The standard InChI is InChI=1S/C21H24FN5O5/c22-11-4-1-2-7-14(11)31-8-15-17(29)18(30)21(32-15)27-10-25-16-19(23-9-24-20(16)27)26-12-5-3-6-13(12)28/h1-2,4,7,9-10,12-13,15,17-18,21,28-30H,3,5-6,8H2,(H,23,24,26)/t12-,13-,15+,17-,18-,21+/m0/s1. The van der Waals surface area contributed by atoms with Gasteiger partial charge in [0, 0.05) is 0 Å². The number of aromatic nitrogens is 4. The van der Waals surface area contributed by atoms with Gasteiger partial charge in [0.25, 0.3) is 0 Å². The fourth-order valence-electron chi connectivity index (χ4n) is 4.26. The molecule has 5 rings (SSSR count). The summed E-state index contributed by atoms with van der Waals surface area (Å²) < 4.78 is 26.6. The van der Waals surface area contributed by atoms with Crippen LogP contribution in [-0.4, -0.2) is 71.9 Å². The summed E-state index contributed by atoms with van der Waals surface area (Å²) in [6.45, 7) is -0.149. The maximum atomic E-state index is 13.8. The number of hydrogen-bond donors (Lipinski definition) is 4. The molecule has 0 unspecified atom stereocenters. The van der Waals surface area contributed by atoms with Gasteiger partial charge >= 0.3 is 0 Å². The number of rotatable bonds is 6. The molecule has 3 heterocycles. The molecule has 1 aliphatic carbocycles. The highest BCUT2D eigenvalue weighted by atomic mass is 19.1. The molecule has 1 aromatic carbocycles. The predicted octanol–water partition coefficient (Wildman–Crippen LogP) is 0.989. The van der Waals surface area contributed by atoms with Crippen LogP contribution in [-0.2, 0) is 4.74 Å². The van der Waals surface area contributed by atoms with E-state index in [1.54, 1.807) is 12.1 Å². The Kier molecular flexibility index (Phi) is 5.64. The molecule has 0 spiro atoms. The highest BCUT2D eigenvalue weighted by Gasteiger charge is 2.45. The largest absolute Gasteiger partial charge is 0.488 e. The third kappa shape index (κ3) is 3.77. The minimum Gasteiger partial charge on any atom is -0.488 e. The Morgan fingerprint density at radius 2 is 1.97 bits per heavy atom. The highest BCUT2D eigenvalue weighted by Crippen LogP contribution is 2.33. The molecule has 3 aromatic rings. The van der Waals surface area contributed by atoms with Gasteiger partial charge in [0.2, 0.25) is 0 Å². The van der Waals surface area contributed by atoms with Crippen molar-refractivity contribution in [3.8, 4) is 5.75 Å². The number of aliphatic hydroxyl groups excluding tert-OH is 3. The van der Waals surface area contributed by atoms with E-state index in [0.29, 0.717) is 17.0 Å². The van der Waals surface area contributed by atoms with Crippen molar-refractivity contribution in [3.05, 3.63) is 42.7 Å². The van der Waals surface area contributed by atoms with Gasteiger partial charge in [0.15, 0.2) is 34.8 Å². The molecule has 0 amide bonds. The van der Waals surface area contributed by atoms with Crippen LogP contribution in [0.4, 0.5) is 10.2 Å². The van der Waals surface area contributed by atoms with E-state index in [2.05, 4.69) is 20.3 Å². The Bertz CT molecular complexity index is 1100. The SMILES string of the molecule is O[C@@H]1[C@H](O)[C@H](n2cnc3c(N[C@H]4CCC[C@@H]4O)ncnc32)O[C@@H]1COc1ccccc1F. The van der Waals surface area contributed by atoms with Crippen molar-refractivity contribution in [2.75, 3.05) is 11.9 Å². The van der Waals surface area contributed by atoms with E-state index in [0.717, 1.165) is 19.3 Å². The van der Waals surface area contributed by atoms with Gasteiger partial charge in [-0.3, -0.25) is 4.57 Å². The Morgan fingerprint density at radius 1 is 1.12 bits per heavy atom. The lowest BCUT2D eigenvalue weighted by Crippen LogP contribution is -2.34. The minimum absolute atomic E-state index is 0.0341. The molecule has 10 nitrogen and oxygen atoms in total. The summed E-state index contributed by atoms with van der Waals surface area (Å²) in [5.74, 6) is -0.0131. The van der Waals surface area contributed by atoms with E-state index < -0.39 is 36.5 Å². The minimum atomic E-state index is -1.27. The fourth-order valence-corrected chi connectivity index (χ4v) is 4.26. The van der Waals surface area contributed by atoms with E-state index >= 15 is 0 Å². The van der Waals surface area contributed by atoms with Gasteiger partial charge in [-0.05, 0) is 31.4 Å². The van der Waals surface area contributed by atoms with Gasteiger partial charge in [-0.25, -0.2) is 19.3 Å². The zero-order valence-electron chi connectivity index (χ0n) is 17.1. The third-order valence-corrected chi connectivity index (χ3v) is 6.01. The Labute approximate surface area is 182 Å². The van der Waals surface area contributed by atoms with Crippen molar-refractivity contribution in [2.45, 2.75) is 55.9 Å². The number of aliphatic hydroxyl groups is 3. The van der Waals surface area contributed by atoms with Crippen molar-refractivity contribution in [3.63, 3.8) is 0 Å². The molecule has 11 heteroatoms. The van der Waals surface area contributed by atoms with Crippen LogP contribution in [0.3, 0.4) is 0 Å². The fraction of sp³-hybridized carbons (Fsp3) is 0.476. The second kappa shape index (κ2) is 8.58. The average molecular weight is 445 g/mol. The van der Waals surface area contributed by atoms with Crippen LogP contribution in [0.5, 0.6) is 5.75 Å². The second-order valence-electron chi connectivity index (χ2n) is 8.08. The normalized spacial score (nSPS) is 30.1. The van der Waals surface area contributed by atoms with Gasteiger partial charge in [0.05, 0.1) is 18.5 Å². The van der Waals surface area contributed by atoms with E-state index in [1.807, 2.05) is 0 Å². The molecule has 2 aromatic heterocycles. The molecule has 1 aliphatic heterocycles. The van der Waals surface area contributed by atoms with Crippen LogP contribution < -0.4 is 10.1 Å². The first-order valence-corrected chi connectivity index (χ1v) is 10.5. The number of nitrogens with zero attached hydrogens (tertiary/aromatic N) is 4. The summed E-state index contributed by atoms with van der Waals surface area (Å²) in [6, 6.07) is 5.81. The molecule has 4 N–H and O–H groups in total. The predicted molar refractivity (Wildman–Crippen MR) is 110 cm³/mol. The summed E-state index contributed by atoms with van der Waals surface area (Å²) in [7, 11) is 0. The smallest absolute Gasteiger partial charge is 0.167 e. The van der Waals surface area contributed by atoms with Crippen molar-refractivity contribution >= 4 is 17.0 Å². The van der Waals surface area contributed by atoms with E-state index in [-0.39, 0.29) is 18.4 Å². The van der Waals surface area contributed by atoms with Crippen LogP contribution in [0, 0.1) is 5.82 Å². The summed E-state index contributed by atoms with van der Waals surface area (Å²) >= 11 is 0. The van der Waals surface area contributed by atoms with Crippen molar-refractivity contribution < 1.29 is 29.2 Å². The second-order valence-corrected chi connectivity index (χ2v) is 8.08. The lowest BCUT2D eigenvalue weighted by molar-refractivity contribution is -0.0477. The Balaban J connectivity index is 1.34. The monoisotopic (exact) mass is 445 g/mol. The molecule has 32 heavy (non-hydrogen) atoms. The molecule has 170 valence electrons. The number of benzene rings is 1. The Hall–Kier alpha value is -2.86. The number of imidazole rings is 1. The molecule has 2 aliphatic rings. The number of nitrogens with one attached hydrogen (secondary N) is 1. The van der Waals surface area contributed by atoms with Crippen LogP contribution in [0.2, 0.25) is 0 Å². The molecule has 1 saturated heterocycles. The first kappa shape index (κ1) is 21.0. The maximum Gasteiger partial charge on any atom is 0.167 e. The number of hydrogen-bond acceptors (Lipinski definition) is 9. The number of anilines is 1. The first-order valence-electron chi connectivity index (χ1n) is 10.5. The maximum absolute atomic E-state index is 13.8. The lowest BCUT2D eigenvalue weighted by Gasteiger charge is -2.18. The number of halogens is 1. The number of ether oxygens (including phenoxy) is 2. The van der Waals surface area contributed by atoms with Gasteiger partial charge in [0.1, 0.15) is 31.2 Å². The lowest BCUT2D eigenvalue weighted by atomic mass is 10.1. The van der Waals surface area contributed by atoms with Crippen molar-refractivity contribution in [1.82, 2.24) is 19.5 Å². The average Bonchev–Trinajstić information content (AvgIpc) is 3.47. The van der Waals surface area contributed by atoms with Gasteiger partial charge in [-0.15, -0.1) is 0 Å². The van der Waals surface area contributed by atoms with E-state index in [4.69, 9.17) is 9.47 Å². The van der Waals surface area contributed by atoms with E-state index in [9.17, 15) is 19.7 Å². The van der Waals surface area contributed by atoms with Crippen LogP contribution in [0.25, 0.3) is 11.2 Å².